The summed E-state index contributed by atoms with van der Waals surface area (Å²) in [6.45, 7) is 9.41. The molecule has 0 spiro atoms. The molecular weight excluding hydrogens is 314 g/mol. The third-order valence-electron chi connectivity index (χ3n) is 3.90. The minimum atomic E-state index is -1.12. The Morgan fingerprint density at radius 2 is 1.88 bits per heavy atom. The molecular formula is C17H29NO6. The Morgan fingerprint density at radius 3 is 2.33 bits per heavy atom. The van der Waals surface area contributed by atoms with Crippen LogP contribution in [0.15, 0.2) is 0 Å². The van der Waals surface area contributed by atoms with Crippen molar-refractivity contribution in [3.05, 3.63) is 0 Å². The van der Waals surface area contributed by atoms with Gasteiger partial charge in [-0.25, -0.2) is 4.79 Å². The van der Waals surface area contributed by atoms with Gasteiger partial charge in [-0.3, -0.25) is 4.90 Å². The second-order valence-electron chi connectivity index (χ2n) is 6.92. The van der Waals surface area contributed by atoms with Gasteiger partial charge in [0.25, 0.3) is 0 Å². The highest BCUT2D eigenvalue weighted by Crippen LogP contribution is 2.36. The van der Waals surface area contributed by atoms with E-state index < -0.39 is 29.4 Å². The average molecular weight is 343 g/mol. The number of nitrogens with zero attached hydrogens (tertiary/aromatic N) is 1. The summed E-state index contributed by atoms with van der Waals surface area (Å²) in [5.41, 5.74) is -0.608. The molecule has 0 unspecified atom stereocenters. The molecule has 0 radical (unpaired) electrons. The molecule has 3 atom stereocenters. The summed E-state index contributed by atoms with van der Waals surface area (Å²) in [4.78, 5) is 13.7. The normalized spacial score (nSPS) is 30.5. The highest BCUT2D eigenvalue weighted by molar-refractivity contribution is 5.68. The van der Waals surface area contributed by atoms with Crippen LogP contribution in [0.3, 0.4) is 0 Å². The predicted molar refractivity (Wildman–Crippen MR) is 88.3 cm³/mol. The molecule has 0 aromatic rings. The molecule has 1 heterocycles. The fraction of sp³-hybridized carbons (Fsp3) is 0.824. The van der Waals surface area contributed by atoms with Gasteiger partial charge in [0.05, 0.1) is 19.7 Å². The second kappa shape index (κ2) is 7.70. The third-order valence-corrected chi connectivity index (χ3v) is 3.90. The topological polar surface area (TPSA) is 66.5 Å². The number of terminal acetylenes is 1. The smallest absolute Gasteiger partial charge is 0.411 e. The number of hydrogen-bond donors (Lipinski definition) is 0. The summed E-state index contributed by atoms with van der Waals surface area (Å²) in [7, 11) is 3.03. The molecule has 0 aromatic heterocycles. The van der Waals surface area contributed by atoms with Crippen LogP contribution in [0.25, 0.3) is 0 Å². The van der Waals surface area contributed by atoms with Gasteiger partial charge in [0.15, 0.2) is 0 Å². The molecule has 7 heteroatoms. The Hall–Kier alpha value is -1.33. The lowest BCUT2D eigenvalue weighted by molar-refractivity contribution is -0.431. The van der Waals surface area contributed by atoms with Crippen molar-refractivity contribution in [3.8, 4) is 12.3 Å². The van der Waals surface area contributed by atoms with Gasteiger partial charge in [0, 0.05) is 14.2 Å². The molecule has 1 aliphatic heterocycles. The van der Waals surface area contributed by atoms with Crippen molar-refractivity contribution < 1.29 is 28.5 Å². The first-order valence-electron chi connectivity index (χ1n) is 7.83. The van der Waals surface area contributed by atoms with Crippen LogP contribution in [-0.4, -0.2) is 68.2 Å². The lowest BCUT2D eigenvalue weighted by Crippen LogP contribution is -2.63. The largest absolute Gasteiger partial charge is 0.444 e. The number of methoxy groups -OCH3 is 2. The van der Waals surface area contributed by atoms with Gasteiger partial charge in [0.2, 0.25) is 11.6 Å². The van der Waals surface area contributed by atoms with Crippen molar-refractivity contribution in [2.45, 2.75) is 57.9 Å². The molecule has 138 valence electrons. The Morgan fingerprint density at radius 1 is 1.29 bits per heavy atom. The molecule has 0 aromatic carbocycles. The van der Waals surface area contributed by atoms with Crippen LogP contribution in [0.1, 0.15) is 34.6 Å². The van der Waals surface area contributed by atoms with Gasteiger partial charge in [-0.05, 0) is 34.6 Å². The summed E-state index contributed by atoms with van der Waals surface area (Å²) in [5.74, 6) is 0.280. The van der Waals surface area contributed by atoms with Crippen LogP contribution in [0.2, 0.25) is 0 Å². The summed E-state index contributed by atoms with van der Waals surface area (Å²) in [6.07, 6.45) is 4.44. The molecule has 7 nitrogen and oxygen atoms in total. The predicted octanol–water partition coefficient (Wildman–Crippen LogP) is 2.00. The summed E-state index contributed by atoms with van der Waals surface area (Å²) < 4.78 is 28.0. The van der Waals surface area contributed by atoms with E-state index in [1.54, 1.807) is 34.6 Å². The Balaban J connectivity index is 2.82. The quantitative estimate of drug-likeness (QED) is 0.711. The molecule has 1 aliphatic rings. The van der Waals surface area contributed by atoms with Crippen LogP contribution in [0.4, 0.5) is 4.79 Å². The lowest BCUT2D eigenvalue weighted by atomic mass is 10.1. The average Bonchev–Trinajstić information content (AvgIpc) is 2.49. The van der Waals surface area contributed by atoms with E-state index in [0.717, 1.165) is 0 Å². The van der Waals surface area contributed by atoms with Crippen LogP contribution in [-0.2, 0) is 23.7 Å². The zero-order valence-corrected chi connectivity index (χ0v) is 15.7. The zero-order valence-electron chi connectivity index (χ0n) is 15.7. The first-order valence-corrected chi connectivity index (χ1v) is 7.83. The van der Waals surface area contributed by atoms with Crippen molar-refractivity contribution in [1.29, 1.82) is 0 Å². The zero-order chi connectivity index (χ0) is 18.6. The van der Waals surface area contributed by atoms with Gasteiger partial charge >= 0.3 is 6.09 Å². The van der Waals surface area contributed by atoms with Crippen molar-refractivity contribution >= 4 is 6.09 Å². The maximum atomic E-state index is 12.3. The van der Waals surface area contributed by atoms with Gasteiger partial charge in [0.1, 0.15) is 11.7 Å². The number of carbonyl (C=O) groups excluding carboxylic acids is 1. The minimum absolute atomic E-state index is 0.111. The fourth-order valence-electron chi connectivity index (χ4n) is 2.30. The highest BCUT2D eigenvalue weighted by atomic mass is 16.8. The van der Waals surface area contributed by atoms with E-state index in [-0.39, 0.29) is 19.7 Å². The minimum Gasteiger partial charge on any atom is -0.444 e. The summed E-state index contributed by atoms with van der Waals surface area (Å²) in [5, 5.41) is 0. The lowest BCUT2D eigenvalue weighted by Gasteiger charge is -2.49. The van der Waals surface area contributed by atoms with Crippen molar-refractivity contribution in [1.82, 2.24) is 4.90 Å². The monoisotopic (exact) mass is 343 g/mol. The van der Waals surface area contributed by atoms with E-state index in [1.165, 1.54) is 19.1 Å². The molecule has 0 saturated carbocycles. The maximum absolute atomic E-state index is 12.3. The first kappa shape index (κ1) is 20.7. The molecule has 1 fully saturated rings. The van der Waals surface area contributed by atoms with Crippen molar-refractivity contribution in [2.75, 3.05) is 33.9 Å². The van der Waals surface area contributed by atoms with E-state index in [9.17, 15) is 4.79 Å². The standard InChI is InChI=1S/C17H29NO6/c1-9-10-18(14(19)24-15(2,3)4)11-13-12-22-16(5,20-7)17(6,21-8)23-13/h1,13H,10-12H2,2-8H3/t13-,16+,17+/m0/s1. The molecule has 24 heavy (non-hydrogen) atoms. The third kappa shape index (κ3) is 4.84. The van der Waals surface area contributed by atoms with Crippen LogP contribution >= 0.6 is 0 Å². The Bertz CT molecular complexity index is 482. The SMILES string of the molecule is C#CCN(C[C@H]1CO[C@@](C)(OC)[C@](C)(OC)O1)C(=O)OC(C)(C)C. The van der Waals surface area contributed by atoms with E-state index in [2.05, 4.69) is 5.92 Å². The van der Waals surface area contributed by atoms with E-state index in [0.29, 0.717) is 0 Å². The molecule has 0 bridgehead atoms. The van der Waals surface area contributed by atoms with Crippen LogP contribution < -0.4 is 0 Å². The van der Waals surface area contributed by atoms with E-state index >= 15 is 0 Å². The summed E-state index contributed by atoms with van der Waals surface area (Å²) >= 11 is 0. The molecule has 0 N–H and O–H groups in total. The van der Waals surface area contributed by atoms with E-state index in [4.69, 9.17) is 30.1 Å². The molecule has 1 saturated heterocycles. The number of ether oxygens (including phenoxy) is 5. The van der Waals surface area contributed by atoms with Crippen molar-refractivity contribution in [3.63, 3.8) is 0 Å². The number of carbonyl (C=O) groups is 1. The molecule has 0 aliphatic carbocycles. The summed E-state index contributed by atoms with van der Waals surface area (Å²) in [6, 6.07) is 0. The second-order valence-corrected chi connectivity index (χ2v) is 6.92. The maximum Gasteiger partial charge on any atom is 0.411 e. The number of amides is 1. The Kier molecular flexibility index (Phi) is 6.65. The van der Waals surface area contributed by atoms with Gasteiger partial charge in [-0.15, -0.1) is 6.42 Å². The van der Waals surface area contributed by atoms with Gasteiger partial charge in [-0.1, -0.05) is 5.92 Å². The van der Waals surface area contributed by atoms with Crippen molar-refractivity contribution in [2.24, 2.45) is 0 Å². The van der Waals surface area contributed by atoms with Gasteiger partial charge < -0.3 is 23.7 Å². The molecule has 1 rings (SSSR count). The molecule has 1 amide bonds. The number of rotatable bonds is 5. The first-order chi connectivity index (χ1) is 11.0. The van der Waals surface area contributed by atoms with Gasteiger partial charge in [-0.2, -0.15) is 0 Å². The van der Waals surface area contributed by atoms with Crippen LogP contribution in [0, 0.1) is 12.3 Å². The van der Waals surface area contributed by atoms with Crippen LogP contribution in [0.5, 0.6) is 0 Å². The fourth-order valence-corrected chi connectivity index (χ4v) is 2.30. The highest BCUT2D eigenvalue weighted by Gasteiger charge is 2.53. The Labute approximate surface area is 144 Å². The number of hydrogen-bond acceptors (Lipinski definition) is 6. The van der Waals surface area contributed by atoms with E-state index in [1.807, 2.05) is 0 Å².